The Morgan fingerprint density at radius 1 is 1.19 bits per heavy atom. The summed E-state index contributed by atoms with van der Waals surface area (Å²) in [6, 6.07) is 9.94. The molecule has 0 unspecified atom stereocenters. The van der Waals surface area contributed by atoms with Crippen LogP contribution < -0.4 is 11.1 Å². The lowest BCUT2D eigenvalue weighted by Gasteiger charge is -2.08. The molecule has 0 spiro atoms. The number of nitrogen functional groups attached to an aromatic ring is 1. The van der Waals surface area contributed by atoms with Gasteiger partial charge in [0.15, 0.2) is 5.69 Å². The summed E-state index contributed by atoms with van der Waals surface area (Å²) < 4.78 is 0. The molecule has 2 aromatic rings. The predicted octanol–water partition coefficient (Wildman–Crippen LogP) is 1.33. The van der Waals surface area contributed by atoms with E-state index < -0.39 is 5.97 Å². The molecule has 6 nitrogen and oxygen atoms in total. The standard InChI is InChI=1S/C15H15N3O3/c16-12-6-3-8-17-13(12)14(19)18-9-7-10-4-1-2-5-11(10)15(20)21/h1-6,8H,7,9,16H2,(H,18,19)(H,20,21). The van der Waals surface area contributed by atoms with Crippen molar-refractivity contribution in [3.63, 3.8) is 0 Å². The Morgan fingerprint density at radius 2 is 1.95 bits per heavy atom. The summed E-state index contributed by atoms with van der Waals surface area (Å²) in [6.07, 6.45) is 1.91. The molecule has 1 aromatic heterocycles. The Kier molecular flexibility index (Phi) is 4.50. The Labute approximate surface area is 121 Å². The molecule has 0 aliphatic rings. The molecule has 1 amide bonds. The van der Waals surface area contributed by atoms with Crippen LogP contribution in [0.3, 0.4) is 0 Å². The summed E-state index contributed by atoms with van der Waals surface area (Å²) in [5.74, 6) is -1.35. The molecule has 0 saturated heterocycles. The van der Waals surface area contributed by atoms with Crippen molar-refractivity contribution in [1.29, 1.82) is 0 Å². The van der Waals surface area contributed by atoms with Gasteiger partial charge in [0.25, 0.3) is 5.91 Å². The maximum absolute atomic E-state index is 11.9. The third-order valence-electron chi connectivity index (χ3n) is 2.98. The van der Waals surface area contributed by atoms with E-state index in [0.717, 1.165) is 0 Å². The first-order valence-electron chi connectivity index (χ1n) is 6.39. The molecular formula is C15H15N3O3. The minimum Gasteiger partial charge on any atom is -0.478 e. The summed E-state index contributed by atoms with van der Waals surface area (Å²) in [5, 5.41) is 11.8. The normalized spacial score (nSPS) is 10.1. The van der Waals surface area contributed by atoms with Gasteiger partial charge in [-0.2, -0.15) is 0 Å². The van der Waals surface area contributed by atoms with Crippen LogP contribution in [0.2, 0.25) is 0 Å². The Morgan fingerprint density at radius 3 is 2.67 bits per heavy atom. The highest BCUT2D eigenvalue weighted by Gasteiger charge is 2.12. The monoisotopic (exact) mass is 285 g/mol. The summed E-state index contributed by atoms with van der Waals surface area (Å²) >= 11 is 0. The van der Waals surface area contributed by atoms with Crippen molar-refractivity contribution in [2.45, 2.75) is 6.42 Å². The van der Waals surface area contributed by atoms with Crippen LogP contribution in [-0.2, 0) is 6.42 Å². The first kappa shape index (κ1) is 14.5. The molecular weight excluding hydrogens is 270 g/mol. The number of aromatic nitrogens is 1. The zero-order valence-corrected chi connectivity index (χ0v) is 11.2. The van der Waals surface area contributed by atoms with E-state index in [1.165, 1.54) is 12.3 Å². The summed E-state index contributed by atoms with van der Waals surface area (Å²) in [5.41, 5.74) is 7.05. The topological polar surface area (TPSA) is 105 Å². The number of aromatic carboxylic acids is 1. The molecule has 0 radical (unpaired) electrons. The number of pyridine rings is 1. The van der Waals surface area contributed by atoms with Gasteiger partial charge < -0.3 is 16.2 Å². The highest BCUT2D eigenvalue weighted by Crippen LogP contribution is 2.10. The van der Waals surface area contributed by atoms with Gasteiger partial charge in [-0.15, -0.1) is 0 Å². The minimum atomic E-state index is -0.981. The van der Waals surface area contributed by atoms with Crippen LogP contribution in [0.5, 0.6) is 0 Å². The van der Waals surface area contributed by atoms with Crippen molar-refractivity contribution in [3.8, 4) is 0 Å². The van der Waals surface area contributed by atoms with Crippen molar-refractivity contribution in [1.82, 2.24) is 10.3 Å². The quantitative estimate of drug-likeness (QED) is 0.768. The number of carboxylic acids is 1. The van der Waals surface area contributed by atoms with Crippen molar-refractivity contribution in [2.75, 3.05) is 12.3 Å². The number of hydrogen-bond acceptors (Lipinski definition) is 4. The first-order chi connectivity index (χ1) is 10.1. The fourth-order valence-corrected chi connectivity index (χ4v) is 1.95. The molecule has 0 aliphatic carbocycles. The van der Waals surface area contributed by atoms with Gasteiger partial charge in [0.05, 0.1) is 11.3 Å². The third-order valence-corrected chi connectivity index (χ3v) is 2.98. The van der Waals surface area contributed by atoms with E-state index in [-0.39, 0.29) is 17.2 Å². The molecule has 2 rings (SSSR count). The molecule has 1 heterocycles. The number of carbonyl (C=O) groups excluding carboxylic acids is 1. The number of anilines is 1. The van der Waals surface area contributed by atoms with Crippen molar-refractivity contribution < 1.29 is 14.7 Å². The Bertz CT molecular complexity index is 671. The lowest BCUT2D eigenvalue weighted by Crippen LogP contribution is -2.27. The van der Waals surface area contributed by atoms with Crippen LogP contribution in [0.4, 0.5) is 5.69 Å². The molecule has 0 aliphatic heterocycles. The highest BCUT2D eigenvalue weighted by molar-refractivity contribution is 5.97. The fraction of sp³-hybridized carbons (Fsp3) is 0.133. The van der Waals surface area contributed by atoms with Gasteiger partial charge in [-0.3, -0.25) is 4.79 Å². The Hall–Kier alpha value is -2.89. The van der Waals surface area contributed by atoms with E-state index in [0.29, 0.717) is 24.2 Å². The molecule has 4 N–H and O–H groups in total. The van der Waals surface area contributed by atoms with Crippen LogP contribution in [0.25, 0.3) is 0 Å². The van der Waals surface area contributed by atoms with Crippen LogP contribution in [-0.4, -0.2) is 28.5 Å². The number of rotatable bonds is 5. The first-order valence-corrected chi connectivity index (χ1v) is 6.39. The molecule has 0 fully saturated rings. The van der Waals surface area contributed by atoms with Crippen molar-refractivity contribution >= 4 is 17.6 Å². The van der Waals surface area contributed by atoms with Crippen LogP contribution in [0.15, 0.2) is 42.6 Å². The lowest BCUT2D eigenvalue weighted by atomic mass is 10.0. The fourth-order valence-electron chi connectivity index (χ4n) is 1.95. The number of carboxylic acid groups (broad SMARTS) is 1. The number of nitrogens with two attached hydrogens (primary N) is 1. The SMILES string of the molecule is Nc1cccnc1C(=O)NCCc1ccccc1C(=O)O. The van der Waals surface area contributed by atoms with Crippen LogP contribution >= 0.6 is 0 Å². The number of benzene rings is 1. The smallest absolute Gasteiger partial charge is 0.335 e. The van der Waals surface area contributed by atoms with Gasteiger partial charge in [0.1, 0.15) is 0 Å². The van der Waals surface area contributed by atoms with Gasteiger partial charge in [0, 0.05) is 12.7 Å². The second-order valence-corrected chi connectivity index (χ2v) is 4.41. The van der Waals surface area contributed by atoms with E-state index in [1.807, 2.05) is 0 Å². The second kappa shape index (κ2) is 6.51. The maximum atomic E-state index is 11.9. The third kappa shape index (κ3) is 3.56. The van der Waals surface area contributed by atoms with Gasteiger partial charge in [-0.1, -0.05) is 18.2 Å². The summed E-state index contributed by atoms with van der Waals surface area (Å²) in [4.78, 5) is 26.9. The number of nitrogens with one attached hydrogen (secondary N) is 1. The van der Waals surface area contributed by atoms with E-state index >= 15 is 0 Å². The van der Waals surface area contributed by atoms with Crippen molar-refractivity contribution in [3.05, 3.63) is 59.4 Å². The Balaban J connectivity index is 1.98. The van der Waals surface area contributed by atoms with E-state index in [2.05, 4.69) is 10.3 Å². The van der Waals surface area contributed by atoms with Gasteiger partial charge in [-0.05, 0) is 30.2 Å². The number of nitrogens with zero attached hydrogens (tertiary/aromatic N) is 1. The molecule has 6 heteroatoms. The maximum Gasteiger partial charge on any atom is 0.335 e. The average molecular weight is 285 g/mol. The van der Waals surface area contributed by atoms with E-state index in [1.54, 1.807) is 30.3 Å². The minimum absolute atomic E-state index is 0.170. The number of hydrogen-bond donors (Lipinski definition) is 3. The largest absolute Gasteiger partial charge is 0.478 e. The molecule has 0 saturated carbocycles. The van der Waals surface area contributed by atoms with Gasteiger partial charge in [0.2, 0.25) is 0 Å². The zero-order chi connectivity index (χ0) is 15.2. The average Bonchev–Trinajstić information content (AvgIpc) is 2.48. The van der Waals surface area contributed by atoms with E-state index in [9.17, 15) is 9.59 Å². The molecule has 0 bridgehead atoms. The summed E-state index contributed by atoms with van der Waals surface area (Å²) in [6.45, 7) is 0.305. The molecule has 21 heavy (non-hydrogen) atoms. The van der Waals surface area contributed by atoms with Crippen molar-refractivity contribution in [2.24, 2.45) is 0 Å². The lowest BCUT2D eigenvalue weighted by molar-refractivity contribution is 0.0695. The second-order valence-electron chi connectivity index (χ2n) is 4.41. The number of carbonyl (C=O) groups is 2. The predicted molar refractivity (Wildman–Crippen MR) is 78.1 cm³/mol. The van der Waals surface area contributed by atoms with Gasteiger partial charge in [-0.25, -0.2) is 9.78 Å². The van der Waals surface area contributed by atoms with Crippen LogP contribution in [0, 0.1) is 0 Å². The zero-order valence-electron chi connectivity index (χ0n) is 11.2. The summed E-state index contributed by atoms with van der Waals surface area (Å²) in [7, 11) is 0. The molecule has 1 aromatic carbocycles. The van der Waals surface area contributed by atoms with Gasteiger partial charge >= 0.3 is 5.97 Å². The molecule has 0 atom stereocenters. The molecule has 108 valence electrons. The van der Waals surface area contributed by atoms with E-state index in [4.69, 9.17) is 10.8 Å². The highest BCUT2D eigenvalue weighted by atomic mass is 16.4. The number of amides is 1. The van der Waals surface area contributed by atoms with Crippen LogP contribution in [0.1, 0.15) is 26.4 Å².